The number of carbonyl (C=O) groups is 1. The number of aromatic nitrogens is 1. The lowest BCUT2D eigenvalue weighted by atomic mass is 9.85. The number of carbonyl (C=O) groups excluding carboxylic acids is 1. The summed E-state index contributed by atoms with van der Waals surface area (Å²) in [6.07, 6.45) is 6.79. The third-order valence-electron chi connectivity index (χ3n) is 4.89. The van der Waals surface area contributed by atoms with Crippen LogP contribution in [0.5, 0.6) is 0 Å². The molecule has 2 aliphatic heterocycles. The third kappa shape index (κ3) is 2.49. The molecule has 1 aliphatic carbocycles. The molecule has 4 nitrogen and oxygen atoms in total. The molecule has 1 amide bonds. The molecule has 5 heteroatoms. The zero-order valence-electron chi connectivity index (χ0n) is 11.7. The van der Waals surface area contributed by atoms with E-state index in [0.717, 1.165) is 49.4 Å². The molecule has 2 bridgehead atoms. The lowest BCUT2D eigenvalue weighted by molar-refractivity contribution is -0.146. The number of amides is 1. The number of nitrogens with zero attached hydrogens (tertiary/aromatic N) is 3. The Labute approximate surface area is 123 Å². The second kappa shape index (κ2) is 5.11. The second-order valence-corrected chi connectivity index (χ2v) is 7.47. The van der Waals surface area contributed by atoms with E-state index in [-0.39, 0.29) is 6.04 Å². The summed E-state index contributed by atoms with van der Waals surface area (Å²) in [6.45, 7) is 3.92. The predicted octanol–water partition coefficient (Wildman–Crippen LogP) is 1.98. The molecule has 0 N–H and O–H groups in total. The monoisotopic (exact) mass is 291 g/mol. The standard InChI is InChI=1S/C15H21N3OS/c19-15-13-7-12(9-18(15)8-11-1-2-11)3-5-17(13)10-14-16-4-6-20-14/h4,6,11-13H,1-3,5,7-10H2/t12-,13+/m0/s1. The number of piperidine rings is 2. The maximum atomic E-state index is 12.7. The van der Waals surface area contributed by atoms with Gasteiger partial charge in [0.2, 0.25) is 5.91 Å². The topological polar surface area (TPSA) is 36.4 Å². The van der Waals surface area contributed by atoms with Gasteiger partial charge in [-0.3, -0.25) is 9.69 Å². The van der Waals surface area contributed by atoms with Gasteiger partial charge in [-0.15, -0.1) is 11.3 Å². The molecular weight excluding hydrogens is 270 g/mol. The molecule has 1 aromatic heterocycles. The summed E-state index contributed by atoms with van der Waals surface area (Å²) in [5.74, 6) is 1.90. The van der Waals surface area contributed by atoms with Crippen molar-refractivity contribution in [2.24, 2.45) is 11.8 Å². The van der Waals surface area contributed by atoms with Crippen molar-refractivity contribution in [2.75, 3.05) is 19.6 Å². The first-order valence-corrected chi connectivity index (χ1v) is 8.59. The molecule has 4 rings (SSSR count). The summed E-state index contributed by atoms with van der Waals surface area (Å²) in [5, 5.41) is 3.15. The molecule has 3 aliphatic rings. The number of hydrogen-bond acceptors (Lipinski definition) is 4. The van der Waals surface area contributed by atoms with E-state index < -0.39 is 0 Å². The highest BCUT2D eigenvalue weighted by Gasteiger charge is 2.42. The van der Waals surface area contributed by atoms with E-state index in [0.29, 0.717) is 5.91 Å². The van der Waals surface area contributed by atoms with Crippen LogP contribution < -0.4 is 0 Å². The van der Waals surface area contributed by atoms with E-state index in [2.05, 4.69) is 14.8 Å². The van der Waals surface area contributed by atoms with E-state index in [1.54, 1.807) is 11.3 Å². The first kappa shape index (κ1) is 12.8. The summed E-state index contributed by atoms with van der Waals surface area (Å²) >= 11 is 1.69. The quantitative estimate of drug-likeness (QED) is 0.851. The Bertz CT molecular complexity index is 485. The molecule has 3 heterocycles. The average Bonchev–Trinajstić information content (AvgIpc) is 3.12. The Balaban J connectivity index is 1.47. The molecule has 1 saturated carbocycles. The minimum absolute atomic E-state index is 0.116. The Kier molecular flexibility index (Phi) is 3.27. The first-order valence-electron chi connectivity index (χ1n) is 7.71. The van der Waals surface area contributed by atoms with Gasteiger partial charge in [-0.05, 0) is 44.1 Å². The van der Waals surface area contributed by atoms with Crippen molar-refractivity contribution in [3.63, 3.8) is 0 Å². The Hall–Kier alpha value is -0.940. The van der Waals surface area contributed by atoms with E-state index >= 15 is 0 Å². The van der Waals surface area contributed by atoms with Crippen LogP contribution in [0.4, 0.5) is 0 Å². The number of hydrogen-bond donors (Lipinski definition) is 0. The predicted molar refractivity (Wildman–Crippen MR) is 78.3 cm³/mol. The Morgan fingerprint density at radius 2 is 2.25 bits per heavy atom. The lowest BCUT2D eigenvalue weighted by Gasteiger charge is -2.46. The fourth-order valence-corrected chi connectivity index (χ4v) is 4.23. The maximum absolute atomic E-state index is 12.7. The molecular formula is C15H21N3OS. The summed E-state index contributed by atoms with van der Waals surface area (Å²) in [7, 11) is 0. The first-order chi connectivity index (χ1) is 9.79. The molecule has 0 aromatic carbocycles. The average molecular weight is 291 g/mol. The smallest absolute Gasteiger partial charge is 0.239 e. The maximum Gasteiger partial charge on any atom is 0.239 e. The van der Waals surface area contributed by atoms with Gasteiger partial charge in [0, 0.05) is 24.7 Å². The van der Waals surface area contributed by atoms with Crippen molar-refractivity contribution in [1.82, 2.24) is 14.8 Å². The van der Waals surface area contributed by atoms with Gasteiger partial charge < -0.3 is 4.90 Å². The summed E-state index contributed by atoms with van der Waals surface area (Å²) in [5.41, 5.74) is 0. The minimum atomic E-state index is 0.116. The van der Waals surface area contributed by atoms with Crippen LogP contribution in [0.25, 0.3) is 0 Å². The van der Waals surface area contributed by atoms with Gasteiger partial charge in [-0.2, -0.15) is 0 Å². The van der Waals surface area contributed by atoms with Crippen LogP contribution in [-0.4, -0.2) is 46.4 Å². The van der Waals surface area contributed by atoms with Gasteiger partial charge in [0.25, 0.3) is 0 Å². The van der Waals surface area contributed by atoms with Gasteiger partial charge in [-0.1, -0.05) is 0 Å². The van der Waals surface area contributed by atoms with Crippen molar-refractivity contribution in [3.8, 4) is 0 Å². The normalized spacial score (nSPS) is 30.8. The highest BCUT2D eigenvalue weighted by Crippen LogP contribution is 2.35. The lowest BCUT2D eigenvalue weighted by Crippen LogP contribution is -2.58. The van der Waals surface area contributed by atoms with Crippen LogP contribution in [0.2, 0.25) is 0 Å². The van der Waals surface area contributed by atoms with Gasteiger partial charge in [0.15, 0.2) is 0 Å². The molecule has 20 heavy (non-hydrogen) atoms. The number of fused-ring (bicyclic) bond motifs is 2. The SMILES string of the molecule is O=C1[C@H]2C[C@H](CCN2Cc2nccs2)CN1CC1CC1. The molecule has 0 unspecified atom stereocenters. The van der Waals surface area contributed by atoms with Gasteiger partial charge in [0.05, 0.1) is 12.6 Å². The number of likely N-dealkylation sites (tertiary alicyclic amines) is 2. The van der Waals surface area contributed by atoms with Crippen LogP contribution in [0.1, 0.15) is 30.7 Å². The van der Waals surface area contributed by atoms with E-state index in [9.17, 15) is 4.79 Å². The highest BCUT2D eigenvalue weighted by molar-refractivity contribution is 7.09. The van der Waals surface area contributed by atoms with E-state index in [4.69, 9.17) is 0 Å². The van der Waals surface area contributed by atoms with E-state index in [1.807, 2.05) is 11.6 Å². The molecule has 2 atom stereocenters. The molecule has 0 radical (unpaired) electrons. The molecule has 0 spiro atoms. The Morgan fingerprint density at radius 1 is 1.35 bits per heavy atom. The van der Waals surface area contributed by atoms with Gasteiger partial charge >= 0.3 is 0 Å². The van der Waals surface area contributed by atoms with Gasteiger partial charge in [-0.25, -0.2) is 4.98 Å². The number of thiazole rings is 1. The zero-order chi connectivity index (χ0) is 13.5. The van der Waals surface area contributed by atoms with Crippen molar-refractivity contribution >= 4 is 17.2 Å². The summed E-state index contributed by atoms with van der Waals surface area (Å²) in [6, 6.07) is 0.116. The highest BCUT2D eigenvalue weighted by atomic mass is 32.1. The molecule has 1 aromatic rings. The fourth-order valence-electron chi connectivity index (χ4n) is 3.59. The zero-order valence-corrected chi connectivity index (χ0v) is 12.5. The van der Waals surface area contributed by atoms with E-state index in [1.165, 1.54) is 19.3 Å². The second-order valence-electron chi connectivity index (χ2n) is 6.49. The third-order valence-corrected chi connectivity index (χ3v) is 5.66. The van der Waals surface area contributed by atoms with Crippen LogP contribution in [0, 0.1) is 11.8 Å². The van der Waals surface area contributed by atoms with Crippen LogP contribution >= 0.6 is 11.3 Å². The number of rotatable bonds is 4. The van der Waals surface area contributed by atoms with Crippen LogP contribution in [0.3, 0.4) is 0 Å². The minimum Gasteiger partial charge on any atom is -0.341 e. The summed E-state index contributed by atoms with van der Waals surface area (Å²) in [4.78, 5) is 21.6. The van der Waals surface area contributed by atoms with Crippen molar-refractivity contribution in [3.05, 3.63) is 16.6 Å². The van der Waals surface area contributed by atoms with Crippen molar-refractivity contribution in [1.29, 1.82) is 0 Å². The largest absolute Gasteiger partial charge is 0.341 e. The van der Waals surface area contributed by atoms with Gasteiger partial charge in [0.1, 0.15) is 5.01 Å². The molecule has 108 valence electrons. The Morgan fingerprint density at radius 3 is 3.00 bits per heavy atom. The molecule has 2 saturated heterocycles. The fraction of sp³-hybridized carbons (Fsp3) is 0.733. The van der Waals surface area contributed by atoms with Crippen molar-refractivity contribution < 1.29 is 4.79 Å². The van der Waals surface area contributed by atoms with Crippen LogP contribution in [0.15, 0.2) is 11.6 Å². The molecule has 3 fully saturated rings. The summed E-state index contributed by atoms with van der Waals surface area (Å²) < 4.78 is 0. The van der Waals surface area contributed by atoms with Crippen molar-refractivity contribution in [2.45, 2.75) is 38.3 Å². The van der Waals surface area contributed by atoms with Crippen LogP contribution in [-0.2, 0) is 11.3 Å².